The van der Waals surface area contributed by atoms with Gasteiger partial charge >= 0.3 is 21.3 Å². The predicted molar refractivity (Wildman–Crippen MR) is 53.1 cm³/mol. The summed E-state index contributed by atoms with van der Waals surface area (Å²) >= 11 is 0. The summed E-state index contributed by atoms with van der Waals surface area (Å²) in [4.78, 5) is 0. The SMILES string of the molecule is COC(C)OCCCC(F)(F)C(F)(F)S(=O)(=O)O. The van der Waals surface area contributed by atoms with Gasteiger partial charge in [-0.25, -0.2) is 0 Å². The van der Waals surface area contributed by atoms with Crippen LogP contribution in [0.15, 0.2) is 0 Å². The average Bonchev–Trinajstić information content (AvgIpc) is 2.22. The Hall–Kier alpha value is -0.450. The van der Waals surface area contributed by atoms with E-state index in [1.54, 1.807) is 0 Å². The molecule has 1 unspecified atom stereocenters. The summed E-state index contributed by atoms with van der Waals surface area (Å²) in [6, 6.07) is 0. The molecule has 0 amide bonds. The van der Waals surface area contributed by atoms with Crippen molar-refractivity contribution >= 4 is 10.1 Å². The van der Waals surface area contributed by atoms with Crippen LogP contribution in [0.4, 0.5) is 17.6 Å². The minimum atomic E-state index is -6.17. The van der Waals surface area contributed by atoms with Crippen molar-refractivity contribution in [2.24, 2.45) is 0 Å². The first-order valence-electron chi connectivity index (χ1n) is 4.83. The second-order valence-corrected chi connectivity index (χ2v) is 4.94. The topological polar surface area (TPSA) is 72.8 Å². The number of rotatable bonds is 8. The van der Waals surface area contributed by atoms with Gasteiger partial charge in [-0.1, -0.05) is 0 Å². The second-order valence-electron chi connectivity index (χ2n) is 3.47. The van der Waals surface area contributed by atoms with Crippen molar-refractivity contribution in [2.45, 2.75) is 37.2 Å². The maximum atomic E-state index is 12.9. The Balaban J connectivity index is 4.41. The van der Waals surface area contributed by atoms with Crippen molar-refractivity contribution in [3.63, 3.8) is 0 Å². The molecule has 0 aromatic heterocycles. The first-order valence-corrected chi connectivity index (χ1v) is 6.27. The molecule has 18 heavy (non-hydrogen) atoms. The van der Waals surface area contributed by atoms with E-state index in [-0.39, 0.29) is 6.61 Å². The Bertz CT molecular complexity index is 356. The molecule has 1 N–H and O–H groups in total. The Kier molecular flexibility index (Phi) is 5.98. The molecule has 0 rings (SSSR count). The van der Waals surface area contributed by atoms with E-state index in [1.807, 2.05) is 0 Å². The fourth-order valence-electron chi connectivity index (χ4n) is 0.946. The molecule has 5 nitrogen and oxygen atoms in total. The third-order valence-corrected chi connectivity index (χ3v) is 3.02. The van der Waals surface area contributed by atoms with Crippen molar-refractivity contribution < 1.29 is 40.0 Å². The molecular weight excluding hydrogens is 284 g/mol. The number of halogens is 4. The summed E-state index contributed by atoms with van der Waals surface area (Å²) in [6.45, 7) is 1.15. The first-order chi connectivity index (χ1) is 7.95. The summed E-state index contributed by atoms with van der Waals surface area (Å²) in [6.07, 6.45) is -2.66. The van der Waals surface area contributed by atoms with Crippen molar-refractivity contribution in [3.05, 3.63) is 0 Å². The number of methoxy groups -OCH3 is 1. The summed E-state index contributed by atoms with van der Waals surface area (Å²) in [5.74, 6) is -4.87. The Morgan fingerprint density at radius 3 is 2.17 bits per heavy atom. The van der Waals surface area contributed by atoms with Crippen LogP contribution in [-0.2, 0) is 19.6 Å². The van der Waals surface area contributed by atoms with Crippen LogP contribution in [0.25, 0.3) is 0 Å². The highest BCUT2D eigenvalue weighted by Gasteiger charge is 2.64. The van der Waals surface area contributed by atoms with E-state index in [4.69, 9.17) is 9.29 Å². The van der Waals surface area contributed by atoms with Crippen LogP contribution >= 0.6 is 0 Å². The molecule has 0 bridgehead atoms. The van der Waals surface area contributed by atoms with Gasteiger partial charge in [0, 0.05) is 20.1 Å². The quantitative estimate of drug-likeness (QED) is 0.321. The molecule has 0 aliphatic rings. The van der Waals surface area contributed by atoms with Gasteiger partial charge in [0.15, 0.2) is 6.29 Å². The molecule has 0 saturated carbocycles. The number of ether oxygens (including phenoxy) is 2. The van der Waals surface area contributed by atoms with E-state index >= 15 is 0 Å². The van der Waals surface area contributed by atoms with E-state index < -0.39 is 40.4 Å². The third-order valence-electron chi connectivity index (χ3n) is 2.07. The summed E-state index contributed by atoms with van der Waals surface area (Å²) < 4.78 is 89.0. The normalized spacial score (nSPS) is 15.7. The third kappa shape index (κ3) is 4.34. The van der Waals surface area contributed by atoms with Gasteiger partial charge in [0.05, 0.1) is 0 Å². The van der Waals surface area contributed by atoms with Crippen LogP contribution in [0.5, 0.6) is 0 Å². The van der Waals surface area contributed by atoms with Crippen LogP contribution in [0.1, 0.15) is 19.8 Å². The van der Waals surface area contributed by atoms with Crippen molar-refractivity contribution in [2.75, 3.05) is 13.7 Å². The highest BCUT2D eigenvalue weighted by atomic mass is 32.2. The predicted octanol–water partition coefficient (Wildman–Crippen LogP) is 1.89. The monoisotopic (exact) mass is 298 g/mol. The van der Waals surface area contributed by atoms with Crippen molar-refractivity contribution in [1.29, 1.82) is 0 Å². The Morgan fingerprint density at radius 2 is 1.78 bits per heavy atom. The maximum Gasteiger partial charge on any atom is 0.431 e. The zero-order valence-corrected chi connectivity index (χ0v) is 10.5. The largest absolute Gasteiger partial charge is 0.431 e. The number of alkyl halides is 4. The van der Waals surface area contributed by atoms with Gasteiger partial charge in [-0.3, -0.25) is 4.55 Å². The lowest BCUT2D eigenvalue weighted by atomic mass is 10.2. The highest BCUT2D eigenvalue weighted by molar-refractivity contribution is 7.87. The van der Waals surface area contributed by atoms with Gasteiger partial charge in [0.1, 0.15) is 0 Å². The van der Waals surface area contributed by atoms with E-state index in [1.165, 1.54) is 14.0 Å². The smallest absolute Gasteiger partial charge is 0.356 e. The molecule has 0 aliphatic carbocycles. The van der Waals surface area contributed by atoms with Gasteiger partial charge in [0.2, 0.25) is 0 Å². The summed E-state index contributed by atoms with van der Waals surface area (Å²) in [5, 5.41) is -5.52. The molecule has 0 fully saturated rings. The van der Waals surface area contributed by atoms with Crippen LogP contribution in [-0.4, -0.2) is 44.2 Å². The molecule has 0 aliphatic heterocycles. The minimum absolute atomic E-state index is 0.313. The number of hydrogen-bond donors (Lipinski definition) is 1. The lowest BCUT2D eigenvalue weighted by Gasteiger charge is -2.23. The Labute approximate surface area is 102 Å². The average molecular weight is 298 g/mol. The molecule has 0 heterocycles. The minimum Gasteiger partial charge on any atom is -0.356 e. The first kappa shape index (κ1) is 17.6. The lowest BCUT2D eigenvalue weighted by Crippen LogP contribution is -2.46. The van der Waals surface area contributed by atoms with Crippen molar-refractivity contribution in [1.82, 2.24) is 0 Å². The van der Waals surface area contributed by atoms with E-state index in [0.29, 0.717) is 0 Å². The van der Waals surface area contributed by atoms with E-state index in [0.717, 1.165) is 0 Å². The van der Waals surface area contributed by atoms with Gasteiger partial charge < -0.3 is 9.47 Å². The maximum absolute atomic E-state index is 12.9. The standard InChI is InChI=1S/C8H14F4O5S/c1-6(16-2)17-5-3-4-7(9,10)8(11,12)18(13,14)15/h6H,3-5H2,1-2H3,(H,13,14,15). The van der Waals surface area contributed by atoms with Gasteiger partial charge in [-0.15, -0.1) is 0 Å². The molecule has 0 radical (unpaired) electrons. The summed E-state index contributed by atoms with van der Waals surface area (Å²) in [7, 11) is -4.87. The molecule has 0 aromatic carbocycles. The zero-order valence-electron chi connectivity index (χ0n) is 9.70. The lowest BCUT2D eigenvalue weighted by molar-refractivity contribution is -0.170. The molecular formula is C8H14F4O5S. The molecule has 1 atom stereocenters. The van der Waals surface area contributed by atoms with Crippen LogP contribution in [0.2, 0.25) is 0 Å². The fraction of sp³-hybridized carbons (Fsp3) is 1.00. The van der Waals surface area contributed by atoms with Crippen molar-refractivity contribution in [3.8, 4) is 0 Å². The fourth-order valence-corrected chi connectivity index (χ4v) is 1.43. The molecule has 110 valence electrons. The highest BCUT2D eigenvalue weighted by Crippen LogP contribution is 2.41. The molecule has 0 aromatic rings. The van der Waals surface area contributed by atoms with E-state index in [9.17, 15) is 26.0 Å². The molecule has 0 spiro atoms. The van der Waals surface area contributed by atoms with Gasteiger partial charge in [0.25, 0.3) is 0 Å². The van der Waals surface area contributed by atoms with E-state index in [2.05, 4.69) is 4.74 Å². The molecule has 10 heteroatoms. The van der Waals surface area contributed by atoms with Crippen LogP contribution in [0, 0.1) is 0 Å². The van der Waals surface area contributed by atoms with Crippen LogP contribution in [0.3, 0.4) is 0 Å². The second kappa shape index (κ2) is 6.13. The van der Waals surface area contributed by atoms with Gasteiger partial charge in [-0.2, -0.15) is 26.0 Å². The molecule has 0 saturated heterocycles. The summed E-state index contributed by atoms with van der Waals surface area (Å²) in [5.41, 5.74) is 0. The van der Waals surface area contributed by atoms with Crippen LogP contribution < -0.4 is 0 Å². The zero-order chi connectivity index (χ0) is 14.6. The Morgan fingerprint density at radius 1 is 1.28 bits per heavy atom. The van der Waals surface area contributed by atoms with Gasteiger partial charge in [-0.05, 0) is 13.3 Å². The number of hydrogen-bond acceptors (Lipinski definition) is 4.